The minimum Gasteiger partial charge on any atom is -0.466 e. The molecule has 10 nitrogen and oxygen atoms in total. The fourth-order valence-corrected chi connectivity index (χ4v) is 5.21. The van der Waals surface area contributed by atoms with Crippen LogP contribution in [0.2, 0.25) is 0 Å². The first-order valence-electron chi connectivity index (χ1n) is 12.5. The summed E-state index contributed by atoms with van der Waals surface area (Å²) < 4.78 is 12.4. The van der Waals surface area contributed by atoms with Crippen LogP contribution in [-0.2, 0) is 27.1 Å². The molecule has 0 spiro atoms. The predicted octanol–water partition coefficient (Wildman–Crippen LogP) is 3.42. The number of rotatable bonds is 5. The maximum atomic E-state index is 13.0. The Bertz CT molecular complexity index is 1310. The second-order valence-corrected chi connectivity index (χ2v) is 9.57. The van der Waals surface area contributed by atoms with Crippen molar-refractivity contribution >= 4 is 29.3 Å². The van der Waals surface area contributed by atoms with Crippen LogP contribution in [0.1, 0.15) is 29.5 Å². The standard InChI is InChI=1S/C27H31N5O5/c1-18-13-19(16-31-17-28-15-23(18)31)14-24(25(33)36-2)37-27(35)30-10-8-21(9-11-30)32-12-7-20-5-3-4-6-22(20)29-26(32)34/h3-6,13,15-17,21,24H,7-12,14H2,1-2H3,(H,29,34). The molecule has 2 aliphatic heterocycles. The quantitative estimate of drug-likeness (QED) is 0.533. The van der Waals surface area contributed by atoms with Gasteiger partial charge in [0.25, 0.3) is 0 Å². The number of benzene rings is 1. The fourth-order valence-electron chi connectivity index (χ4n) is 5.21. The Hall–Kier alpha value is -4.08. The maximum Gasteiger partial charge on any atom is 0.410 e. The summed E-state index contributed by atoms with van der Waals surface area (Å²) in [6.07, 6.45) is 5.96. The molecule has 194 valence electrons. The highest BCUT2D eigenvalue weighted by Gasteiger charge is 2.33. The molecule has 0 aliphatic carbocycles. The number of piperidine rings is 1. The summed E-state index contributed by atoms with van der Waals surface area (Å²) >= 11 is 0. The van der Waals surface area contributed by atoms with Gasteiger partial charge in [-0.2, -0.15) is 0 Å². The van der Waals surface area contributed by atoms with Gasteiger partial charge in [-0.15, -0.1) is 0 Å². The lowest BCUT2D eigenvalue weighted by atomic mass is 10.0. The third-order valence-electron chi connectivity index (χ3n) is 7.21. The zero-order valence-electron chi connectivity index (χ0n) is 21.1. The van der Waals surface area contributed by atoms with Gasteiger partial charge in [-0.3, -0.25) is 0 Å². The molecule has 0 saturated carbocycles. The van der Waals surface area contributed by atoms with Gasteiger partial charge in [-0.25, -0.2) is 19.4 Å². The topological polar surface area (TPSA) is 105 Å². The van der Waals surface area contributed by atoms with Gasteiger partial charge in [0.15, 0.2) is 0 Å². The molecule has 1 saturated heterocycles. The molecule has 2 aliphatic rings. The van der Waals surface area contributed by atoms with E-state index in [0.29, 0.717) is 32.5 Å². The Morgan fingerprint density at radius 2 is 1.97 bits per heavy atom. The summed E-state index contributed by atoms with van der Waals surface area (Å²) in [4.78, 5) is 45.9. The zero-order chi connectivity index (χ0) is 25.9. The number of carbonyl (C=O) groups excluding carboxylic acids is 3. The van der Waals surface area contributed by atoms with Crippen molar-refractivity contribution in [1.82, 2.24) is 19.2 Å². The number of anilines is 1. The summed E-state index contributed by atoms with van der Waals surface area (Å²) in [5.41, 5.74) is 4.79. The van der Waals surface area contributed by atoms with E-state index in [9.17, 15) is 14.4 Å². The number of aromatic nitrogens is 2. The minimum atomic E-state index is -1.06. The lowest BCUT2D eigenvalue weighted by Crippen LogP contribution is -2.50. The first kappa shape index (κ1) is 24.6. The van der Waals surface area contributed by atoms with E-state index >= 15 is 0 Å². The highest BCUT2D eigenvalue weighted by atomic mass is 16.6. The lowest BCUT2D eigenvalue weighted by molar-refractivity contribution is -0.151. The molecule has 1 unspecified atom stereocenters. The Kier molecular flexibility index (Phi) is 6.98. The first-order valence-corrected chi connectivity index (χ1v) is 12.5. The number of nitrogens with one attached hydrogen (secondary N) is 1. The molecule has 3 amide bonds. The normalized spacial score (nSPS) is 17.1. The summed E-state index contributed by atoms with van der Waals surface area (Å²) in [5, 5.41) is 3.01. The molecule has 37 heavy (non-hydrogen) atoms. The van der Waals surface area contributed by atoms with Crippen LogP contribution in [0.3, 0.4) is 0 Å². The second-order valence-electron chi connectivity index (χ2n) is 9.57. The molecule has 0 radical (unpaired) electrons. The zero-order valence-corrected chi connectivity index (χ0v) is 21.1. The molecule has 3 aromatic rings. The molecule has 2 aromatic heterocycles. The van der Waals surface area contributed by atoms with Gasteiger partial charge < -0.3 is 29.0 Å². The third-order valence-corrected chi connectivity index (χ3v) is 7.21. The van der Waals surface area contributed by atoms with E-state index in [-0.39, 0.29) is 18.5 Å². The molecule has 1 N–H and O–H groups in total. The van der Waals surface area contributed by atoms with Gasteiger partial charge in [0.2, 0.25) is 6.10 Å². The number of hydrogen-bond donors (Lipinski definition) is 1. The van der Waals surface area contributed by atoms with Crippen molar-refractivity contribution in [3.05, 3.63) is 65.7 Å². The average Bonchev–Trinajstić information content (AvgIpc) is 3.31. The fraction of sp³-hybridized carbons (Fsp3) is 0.407. The number of amides is 3. The molecule has 10 heteroatoms. The summed E-state index contributed by atoms with van der Waals surface area (Å²) in [5.74, 6) is -0.604. The first-order chi connectivity index (χ1) is 17.9. The van der Waals surface area contributed by atoms with Crippen LogP contribution >= 0.6 is 0 Å². The number of hydrogen-bond acceptors (Lipinski definition) is 6. The smallest absolute Gasteiger partial charge is 0.410 e. The van der Waals surface area contributed by atoms with Crippen LogP contribution in [0.5, 0.6) is 0 Å². The van der Waals surface area contributed by atoms with Crippen LogP contribution < -0.4 is 5.32 Å². The van der Waals surface area contributed by atoms with Gasteiger partial charge in [-0.1, -0.05) is 24.3 Å². The van der Waals surface area contributed by atoms with Crippen molar-refractivity contribution in [1.29, 1.82) is 0 Å². The van der Waals surface area contributed by atoms with Crippen LogP contribution in [-0.4, -0.2) is 76.2 Å². The summed E-state index contributed by atoms with van der Waals surface area (Å²) in [7, 11) is 1.28. The Morgan fingerprint density at radius 1 is 1.19 bits per heavy atom. The van der Waals surface area contributed by atoms with Gasteiger partial charge in [0.1, 0.15) is 0 Å². The maximum absolute atomic E-state index is 13.0. The Balaban J connectivity index is 1.19. The van der Waals surface area contributed by atoms with Crippen LogP contribution in [0.15, 0.2) is 49.1 Å². The molecule has 4 heterocycles. The highest BCUT2D eigenvalue weighted by Crippen LogP contribution is 2.25. The third kappa shape index (κ3) is 5.23. The van der Waals surface area contributed by atoms with Crippen molar-refractivity contribution in [2.24, 2.45) is 0 Å². The number of para-hydroxylation sites is 1. The van der Waals surface area contributed by atoms with E-state index in [0.717, 1.165) is 34.3 Å². The Morgan fingerprint density at radius 3 is 2.76 bits per heavy atom. The number of methoxy groups -OCH3 is 1. The molecule has 1 atom stereocenters. The van der Waals surface area contributed by atoms with Crippen molar-refractivity contribution in [3.8, 4) is 0 Å². The van der Waals surface area contributed by atoms with E-state index in [1.165, 1.54) is 7.11 Å². The van der Waals surface area contributed by atoms with Gasteiger partial charge >= 0.3 is 18.1 Å². The number of imidazole rings is 1. The van der Waals surface area contributed by atoms with Crippen LogP contribution in [0.25, 0.3) is 5.52 Å². The number of urea groups is 1. The average molecular weight is 506 g/mol. The van der Waals surface area contributed by atoms with E-state index in [2.05, 4.69) is 10.3 Å². The Labute approximate surface area is 215 Å². The van der Waals surface area contributed by atoms with E-state index in [4.69, 9.17) is 9.47 Å². The SMILES string of the molecule is COC(=O)C(Cc1cc(C)c2cncn2c1)OC(=O)N1CCC(N2CCc3ccccc3NC2=O)CC1. The molecule has 5 rings (SSSR count). The van der Waals surface area contributed by atoms with E-state index < -0.39 is 18.2 Å². The molecule has 1 aromatic carbocycles. The number of ether oxygens (including phenoxy) is 2. The number of nitrogens with zero attached hydrogens (tertiary/aromatic N) is 4. The molecule has 0 bridgehead atoms. The van der Waals surface area contributed by atoms with Gasteiger partial charge in [0.05, 0.1) is 25.2 Å². The second kappa shape index (κ2) is 10.5. The summed E-state index contributed by atoms with van der Waals surface area (Å²) in [6, 6.07) is 9.71. The number of esters is 1. The largest absolute Gasteiger partial charge is 0.466 e. The van der Waals surface area contributed by atoms with Crippen molar-refractivity contribution < 1.29 is 23.9 Å². The van der Waals surface area contributed by atoms with Crippen molar-refractivity contribution in [3.63, 3.8) is 0 Å². The molecule has 1 fully saturated rings. The van der Waals surface area contributed by atoms with Gasteiger partial charge in [-0.05, 0) is 48.9 Å². The van der Waals surface area contributed by atoms with Gasteiger partial charge in [0, 0.05) is 44.0 Å². The number of fused-ring (bicyclic) bond motifs is 2. The number of likely N-dealkylation sites (tertiary alicyclic amines) is 1. The lowest BCUT2D eigenvalue weighted by Gasteiger charge is -2.37. The molecular formula is C27H31N5O5. The van der Waals surface area contributed by atoms with Crippen LogP contribution in [0, 0.1) is 6.92 Å². The highest BCUT2D eigenvalue weighted by molar-refractivity contribution is 5.91. The van der Waals surface area contributed by atoms with E-state index in [1.54, 1.807) is 17.4 Å². The van der Waals surface area contributed by atoms with E-state index in [1.807, 2.05) is 52.8 Å². The predicted molar refractivity (Wildman–Crippen MR) is 136 cm³/mol. The summed E-state index contributed by atoms with van der Waals surface area (Å²) in [6.45, 7) is 3.47. The van der Waals surface area contributed by atoms with Crippen molar-refractivity contribution in [2.45, 2.75) is 44.8 Å². The van der Waals surface area contributed by atoms with Crippen molar-refractivity contribution in [2.75, 3.05) is 32.1 Å². The number of pyridine rings is 1. The monoisotopic (exact) mass is 505 g/mol. The number of carbonyl (C=O) groups is 3. The molecular weight excluding hydrogens is 474 g/mol. The minimum absolute atomic E-state index is 0.0275. The van der Waals surface area contributed by atoms with Crippen LogP contribution in [0.4, 0.5) is 15.3 Å². The number of aryl methyl sites for hydroxylation is 1.